The number of nitrogens with one attached hydrogen (secondary N) is 1. The van der Waals surface area contributed by atoms with E-state index >= 15 is 0 Å². The molecule has 1 aliphatic rings. The Morgan fingerprint density at radius 2 is 1.84 bits per heavy atom. The van der Waals surface area contributed by atoms with Gasteiger partial charge in [0.15, 0.2) is 0 Å². The van der Waals surface area contributed by atoms with Crippen molar-refractivity contribution in [1.82, 2.24) is 15.1 Å². The molecule has 0 bridgehead atoms. The lowest BCUT2D eigenvalue weighted by Crippen LogP contribution is -2.50. The molecule has 0 radical (unpaired) electrons. The van der Waals surface area contributed by atoms with Gasteiger partial charge in [0.25, 0.3) is 0 Å². The molecule has 1 N–H and O–H groups in total. The Morgan fingerprint density at radius 3 is 2.26 bits per heavy atom. The van der Waals surface area contributed by atoms with Crippen LogP contribution in [0, 0.1) is 5.41 Å². The Kier molecular flexibility index (Phi) is 5.81. The van der Waals surface area contributed by atoms with Crippen molar-refractivity contribution >= 4 is 5.91 Å². The number of likely N-dealkylation sites (N-methyl/N-ethyl adjacent to an activating group) is 1. The van der Waals surface area contributed by atoms with Crippen LogP contribution in [-0.4, -0.2) is 61.5 Å². The SMILES string of the molecule is CC(NC1CCN(CC(=O)N(C)C)CC1)C(C)(C)C. The van der Waals surface area contributed by atoms with Crippen molar-refractivity contribution in [1.29, 1.82) is 0 Å². The molecule has 1 fully saturated rings. The second-order valence-corrected chi connectivity index (χ2v) is 7.09. The average Bonchev–Trinajstić information content (AvgIpc) is 2.30. The van der Waals surface area contributed by atoms with E-state index in [0.29, 0.717) is 24.0 Å². The molecular formula is C15H31N3O. The van der Waals surface area contributed by atoms with E-state index in [1.54, 1.807) is 4.90 Å². The molecule has 1 aliphatic heterocycles. The summed E-state index contributed by atoms with van der Waals surface area (Å²) in [5, 5.41) is 3.73. The van der Waals surface area contributed by atoms with E-state index in [1.807, 2.05) is 14.1 Å². The predicted molar refractivity (Wildman–Crippen MR) is 80.2 cm³/mol. The number of amides is 1. The van der Waals surface area contributed by atoms with Crippen molar-refractivity contribution in [3.8, 4) is 0 Å². The largest absolute Gasteiger partial charge is 0.348 e. The van der Waals surface area contributed by atoms with Gasteiger partial charge in [0.1, 0.15) is 0 Å². The predicted octanol–water partition coefficient (Wildman–Crippen LogP) is 1.56. The molecule has 1 saturated heterocycles. The first-order chi connectivity index (χ1) is 8.70. The summed E-state index contributed by atoms with van der Waals surface area (Å²) in [6.07, 6.45) is 2.28. The van der Waals surface area contributed by atoms with Crippen molar-refractivity contribution in [2.45, 2.75) is 52.6 Å². The number of piperidine rings is 1. The van der Waals surface area contributed by atoms with E-state index in [4.69, 9.17) is 0 Å². The third-order valence-electron chi connectivity index (χ3n) is 4.23. The van der Waals surface area contributed by atoms with Crippen LogP contribution in [0.3, 0.4) is 0 Å². The topological polar surface area (TPSA) is 35.6 Å². The van der Waals surface area contributed by atoms with Gasteiger partial charge in [-0.2, -0.15) is 0 Å². The summed E-state index contributed by atoms with van der Waals surface area (Å²) in [5.74, 6) is 0.203. The molecule has 1 unspecified atom stereocenters. The van der Waals surface area contributed by atoms with Crippen LogP contribution in [0.15, 0.2) is 0 Å². The first-order valence-corrected chi connectivity index (χ1v) is 7.38. The summed E-state index contributed by atoms with van der Waals surface area (Å²) in [6, 6.07) is 1.12. The molecule has 0 aromatic rings. The minimum atomic E-state index is 0.203. The number of nitrogens with zero attached hydrogens (tertiary/aromatic N) is 2. The molecule has 4 heteroatoms. The van der Waals surface area contributed by atoms with Gasteiger partial charge in [-0.25, -0.2) is 0 Å². The third kappa shape index (κ3) is 5.49. The monoisotopic (exact) mass is 269 g/mol. The summed E-state index contributed by atoms with van der Waals surface area (Å²) < 4.78 is 0. The van der Waals surface area contributed by atoms with Gasteiger partial charge in [-0.05, 0) is 25.2 Å². The zero-order valence-electron chi connectivity index (χ0n) is 13.5. The van der Waals surface area contributed by atoms with Gasteiger partial charge in [0.05, 0.1) is 6.54 Å². The van der Waals surface area contributed by atoms with Crippen molar-refractivity contribution in [2.75, 3.05) is 33.7 Å². The van der Waals surface area contributed by atoms with Crippen LogP contribution in [0.4, 0.5) is 0 Å². The zero-order chi connectivity index (χ0) is 14.6. The fraction of sp³-hybridized carbons (Fsp3) is 0.933. The van der Waals surface area contributed by atoms with Crippen LogP contribution in [0.25, 0.3) is 0 Å². The van der Waals surface area contributed by atoms with E-state index < -0.39 is 0 Å². The number of hydrogen-bond donors (Lipinski definition) is 1. The van der Waals surface area contributed by atoms with Crippen LogP contribution < -0.4 is 5.32 Å². The Labute approximate surface area is 118 Å². The van der Waals surface area contributed by atoms with Crippen molar-refractivity contribution in [3.63, 3.8) is 0 Å². The summed E-state index contributed by atoms with van der Waals surface area (Å²) in [5.41, 5.74) is 0.304. The number of carbonyl (C=O) groups is 1. The molecule has 0 aromatic heterocycles. The summed E-state index contributed by atoms with van der Waals surface area (Å²) in [6.45, 7) is 11.7. The van der Waals surface area contributed by atoms with E-state index in [2.05, 4.69) is 37.9 Å². The van der Waals surface area contributed by atoms with Gasteiger partial charge in [0.2, 0.25) is 5.91 Å². The quantitative estimate of drug-likeness (QED) is 0.841. The molecule has 0 aliphatic carbocycles. The van der Waals surface area contributed by atoms with Crippen LogP contribution >= 0.6 is 0 Å². The highest BCUT2D eigenvalue weighted by Crippen LogP contribution is 2.21. The van der Waals surface area contributed by atoms with Gasteiger partial charge in [-0.1, -0.05) is 20.8 Å². The highest BCUT2D eigenvalue weighted by Gasteiger charge is 2.26. The Balaban J connectivity index is 2.31. The average molecular weight is 269 g/mol. The first-order valence-electron chi connectivity index (χ1n) is 7.38. The van der Waals surface area contributed by atoms with Crippen molar-refractivity contribution in [2.24, 2.45) is 5.41 Å². The van der Waals surface area contributed by atoms with Crippen LogP contribution in [0.2, 0.25) is 0 Å². The van der Waals surface area contributed by atoms with Crippen molar-refractivity contribution < 1.29 is 4.79 Å². The molecule has 19 heavy (non-hydrogen) atoms. The number of rotatable bonds is 4. The molecule has 1 heterocycles. The Bertz CT molecular complexity index is 288. The number of likely N-dealkylation sites (tertiary alicyclic amines) is 1. The van der Waals surface area contributed by atoms with Crippen LogP contribution in [-0.2, 0) is 4.79 Å². The van der Waals surface area contributed by atoms with Gasteiger partial charge in [-0.15, -0.1) is 0 Å². The Morgan fingerprint density at radius 1 is 1.32 bits per heavy atom. The third-order valence-corrected chi connectivity index (χ3v) is 4.23. The summed E-state index contributed by atoms with van der Waals surface area (Å²) in [4.78, 5) is 15.6. The second-order valence-electron chi connectivity index (χ2n) is 7.09. The van der Waals surface area contributed by atoms with E-state index in [0.717, 1.165) is 25.9 Å². The van der Waals surface area contributed by atoms with E-state index in [9.17, 15) is 4.79 Å². The maximum Gasteiger partial charge on any atom is 0.236 e. The van der Waals surface area contributed by atoms with Gasteiger partial charge in [0, 0.05) is 39.3 Å². The molecule has 1 atom stereocenters. The minimum Gasteiger partial charge on any atom is -0.348 e. The Hall–Kier alpha value is -0.610. The molecule has 4 nitrogen and oxygen atoms in total. The minimum absolute atomic E-state index is 0.203. The maximum absolute atomic E-state index is 11.7. The lowest BCUT2D eigenvalue weighted by atomic mass is 9.87. The standard InChI is InChI=1S/C15H31N3O/c1-12(15(2,3)4)16-13-7-9-18(10-8-13)11-14(19)17(5)6/h12-13,16H,7-11H2,1-6H3. The van der Waals surface area contributed by atoms with Gasteiger partial charge >= 0.3 is 0 Å². The highest BCUT2D eigenvalue weighted by molar-refractivity contribution is 5.77. The normalized spacial score (nSPS) is 20.3. The van der Waals surface area contributed by atoms with Crippen molar-refractivity contribution in [3.05, 3.63) is 0 Å². The molecule has 1 amide bonds. The number of carbonyl (C=O) groups excluding carboxylic acids is 1. The van der Waals surface area contributed by atoms with Crippen LogP contribution in [0.5, 0.6) is 0 Å². The molecule has 0 aromatic carbocycles. The second kappa shape index (κ2) is 6.71. The first kappa shape index (κ1) is 16.4. The lowest BCUT2D eigenvalue weighted by Gasteiger charge is -2.37. The lowest BCUT2D eigenvalue weighted by molar-refractivity contribution is -0.130. The summed E-state index contributed by atoms with van der Waals surface area (Å²) in [7, 11) is 3.64. The highest BCUT2D eigenvalue weighted by atomic mass is 16.2. The van der Waals surface area contributed by atoms with Gasteiger partial charge in [-0.3, -0.25) is 9.69 Å². The molecule has 112 valence electrons. The number of hydrogen-bond acceptors (Lipinski definition) is 3. The molecule has 0 saturated carbocycles. The van der Waals surface area contributed by atoms with E-state index in [1.165, 1.54) is 0 Å². The van der Waals surface area contributed by atoms with E-state index in [-0.39, 0.29) is 5.91 Å². The molecule has 1 rings (SSSR count). The van der Waals surface area contributed by atoms with Gasteiger partial charge < -0.3 is 10.2 Å². The van der Waals surface area contributed by atoms with Crippen LogP contribution in [0.1, 0.15) is 40.5 Å². The maximum atomic E-state index is 11.7. The molecular weight excluding hydrogens is 238 g/mol. The fourth-order valence-corrected chi connectivity index (χ4v) is 2.19. The smallest absolute Gasteiger partial charge is 0.236 e. The summed E-state index contributed by atoms with van der Waals surface area (Å²) >= 11 is 0. The fourth-order valence-electron chi connectivity index (χ4n) is 2.19. The zero-order valence-corrected chi connectivity index (χ0v) is 13.5. The molecule has 0 spiro atoms.